The van der Waals surface area contributed by atoms with Gasteiger partial charge in [0.25, 0.3) is 5.56 Å². The lowest BCUT2D eigenvalue weighted by atomic mass is 10.0. The molecule has 4 aliphatic rings. The van der Waals surface area contributed by atoms with Crippen LogP contribution in [0.25, 0.3) is 22.3 Å². The van der Waals surface area contributed by atoms with Gasteiger partial charge in [0.2, 0.25) is 0 Å². The minimum Gasteiger partial charge on any atom is -0.387 e. The zero-order valence-corrected chi connectivity index (χ0v) is 25.8. The number of ether oxygens (including phenoxy) is 3. The number of aliphatic hydroxyl groups is 1. The molecule has 4 bridgehead atoms. The second-order valence-corrected chi connectivity index (χ2v) is 14.8. The number of nitrogens with two attached hydrogens (primary N) is 1. The number of aromatic nitrogens is 8. The van der Waals surface area contributed by atoms with Crippen LogP contribution >= 0.6 is 15.4 Å². The van der Waals surface area contributed by atoms with Gasteiger partial charge in [-0.05, 0) is 6.92 Å². The Morgan fingerprint density at radius 1 is 1.02 bits per heavy atom. The van der Waals surface area contributed by atoms with E-state index in [1.165, 1.54) is 34.8 Å². The van der Waals surface area contributed by atoms with Crippen LogP contribution in [-0.4, -0.2) is 112 Å². The maximum atomic E-state index is 13.9. The number of nitrogens with one attached hydrogen (secondary N) is 1. The maximum Gasteiger partial charge on any atom is 0.472 e. The molecule has 46 heavy (non-hydrogen) atoms. The SMILES string of the molecule is Cc1nc2c(ncn2C2OC3COP(=O)(O)OC4C5OCC4(CO[P@@](C)(=O)OC2C3O)OC5n2cnc3c(N)ncnc32)c(=O)[nH]1. The average Bonchev–Trinajstić information content (AvgIpc) is 3.80. The molecule has 4 aliphatic heterocycles. The molecule has 10 atom stereocenters. The molecule has 5 N–H and O–H groups in total. The molecule has 246 valence electrons. The number of nitrogens with zero attached hydrogens (tertiary/aromatic N) is 7. The number of anilines is 1. The fourth-order valence-corrected chi connectivity index (χ4v) is 8.35. The second-order valence-electron chi connectivity index (χ2n) is 11.4. The molecule has 8 rings (SSSR count). The molecule has 9 unspecified atom stereocenters. The largest absolute Gasteiger partial charge is 0.472 e. The van der Waals surface area contributed by atoms with Gasteiger partial charge in [0.1, 0.15) is 53.8 Å². The van der Waals surface area contributed by atoms with Crippen LogP contribution < -0.4 is 11.3 Å². The van der Waals surface area contributed by atoms with Gasteiger partial charge in [-0.25, -0.2) is 29.5 Å². The molecule has 4 aromatic rings. The summed E-state index contributed by atoms with van der Waals surface area (Å²) in [7, 11) is -8.99. The number of hydrogen-bond acceptors (Lipinski definition) is 17. The first-order valence-corrected chi connectivity index (χ1v) is 17.4. The maximum absolute atomic E-state index is 13.9. The smallest absolute Gasteiger partial charge is 0.387 e. The molecule has 23 heteroatoms. The summed E-state index contributed by atoms with van der Waals surface area (Å²) < 4.78 is 71.0. The van der Waals surface area contributed by atoms with Gasteiger partial charge in [0, 0.05) is 6.66 Å². The Kier molecular flexibility index (Phi) is 6.82. The Labute approximate surface area is 257 Å². The summed E-state index contributed by atoms with van der Waals surface area (Å²) >= 11 is 0. The number of rotatable bonds is 2. The topological polar surface area (TPSA) is 272 Å². The van der Waals surface area contributed by atoms with Gasteiger partial charge in [-0.15, -0.1) is 0 Å². The van der Waals surface area contributed by atoms with E-state index in [-0.39, 0.29) is 29.4 Å². The van der Waals surface area contributed by atoms with Crippen molar-refractivity contribution in [3.05, 3.63) is 35.2 Å². The molecule has 0 saturated carbocycles. The summed E-state index contributed by atoms with van der Waals surface area (Å²) in [6, 6.07) is 0. The molecule has 0 aromatic carbocycles. The molecule has 8 heterocycles. The number of fused-ring (bicyclic) bond motifs is 4. The quantitative estimate of drug-likeness (QED) is 0.194. The van der Waals surface area contributed by atoms with Crippen molar-refractivity contribution in [1.82, 2.24) is 39.0 Å². The summed E-state index contributed by atoms with van der Waals surface area (Å²) in [6.07, 6.45) is -4.88. The molecular formula is C23H27N9O12P2. The zero-order valence-electron chi connectivity index (χ0n) is 24.0. The van der Waals surface area contributed by atoms with Crippen LogP contribution in [0, 0.1) is 6.92 Å². The number of nitrogen functional groups attached to an aromatic ring is 1. The first-order chi connectivity index (χ1) is 21.8. The highest BCUT2D eigenvalue weighted by atomic mass is 31.2. The predicted molar refractivity (Wildman–Crippen MR) is 150 cm³/mol. The van der Waals surface area contributed by atoms with Gasteiger partial charge >= 0.3 is 15.4 Å². The minimum atomic E-state index is -4.91. The Morgan fingerprint density at radius 2 is 1.78 bits per heavy atom. The van der Waals surface area contributed by atoms with Crippen LogP contribution in [0.15, 0.2) is 23.8 Å². The number of phosphoric acid groups is 1. The fraction of sp³-hybridized carbons (Fsp3) is 0.565. The molecule has 0 radical (unpaired) electrons. The molecule has 4 fully saturated rings. The van der Waals surface area contributed by atoms with E-state index in [0.29, 0.717) is 11.2 Å². The van der Waals surface area contributed by atoms with Crippen molar-refractivity contribution in [1.29, 1.82) is 0 Å². The van der Waals surface area contributed by atoms with Crippen LogP contribution in [0.2, 0.25) is 0 Å². The van der Waals surface area contributed by atoms with Gasteiger partial charge in [0.15, 0.2) is 35.1 Å². The van der Waals surface area contributed by atoms with E-state index in [0.717, 1.165) is 0 Å². The highest BCUT2D eigenvalue weighted by Gasteiger charge is 2.66. The molecule has 4 aromatic heterocycles. The van der Waals surface area contributed by atoms with Crippen molar-refractivity contribution in [2.45, 2.75) is 55.5 Å². The lowest BCUT2D eigenvalue weighted by molar-refractivity contribution is -0.183. The summed E-state index contributed by atoms with van der Waals surface area (Å²) in [5.41, 5.74) is 4.52. The predicted octanol–water partition coefficient (Wildman–Crippen LogP) is -0.485. The molecule has 0 amide bonds. The highest BCUT2D eigenvalue weighted by molar-refractivity contribution is 7.53. The number of imidazole rings is 2. The van der Waals surface area contributed by atoms with Crippen molar-refractivity contribution < 1.29 is 51.4 Å². The Morgan fingerprint density at radius 3 is 2.59 bits per heavy atom. The van der Waals surface area contributed by atoms with Crippen LogP contribution in [0.3, 0.4) is 0 Å². The zero-order chi connectivity index (χ0) is 32.2. The summed E-state index contributed by atoms with van der Waals surface area (Å²) in [6.45, 7) is 1.42. The highest BCUT2D eigenvalue weighted by Crippen LogP contribution is 2.58. The third kappa shape index (κ3) is 4.74. The van der Waals surface area contributed by atoms with E-state index in [2.05, 4.69) is 29.9 Å². The van der Waals surface area contributed by atoms with E-state index >= 15 is 0 Å². The van der Waals surface area contributed by atoms with Gasteiger partial charge in [-0.1, -0.05) is 0 Å². The number of aliphatic hydroxyl groups excluding tert-OH is 1. The minimum absolute atomic E-state index is 0.0191. The van der Waals surface area contributed by atoms with Crippen molar-refractivity contribution in [2.75, 3.05) is 32.2 Å². The number of H-pyrrole nitrogens is 1. The summed E-state index contributed by atoms with van der Waals surface area (Å²) in [5.74, 6) is 0.407. The van der Waals surface area contributed by atoms with Gasteiger partial charge in [0.05, 0.1) is 32.5 Å². The average molecular weight is 683 g/mol. The summed E-state index contributed by atoms with van der Waals surface area (Å²) in [4.78, 5) is 46.7. The second kappa shape index (κ2) is 10.4. The van der Waals surface area contributed by atoms with Crippen LogP contribution in [0.5, 0.6) is 0 Å². The number of aromatic amines is 1. The Bertz CT molecular complexity index is 2020. The van der Waals surface area contributed by atoms with Crippen molar-refractivity contribution in [2.24, 2.45) is 0 Å². The monoisotopic (exact) mass is 683 g/mol. The number of aryl methyl sites for hydroxylation is 1. The van der Waals surface area contributed by atoms with Crippen molar-refractivity contribution >= 4 is 43.6 Å². The Balaban J connectivity index is 1.14. The molecule has 0 aliphatic carbocycles. The molecule has 4 saturated heterocycles. The first kappa shape index (κ1) is 30.2. The van der Waals surface area contributed by atoms with E-state index in [4.69, 9.17) is 38.0 Å². The van der Waals surface area contributed by atoms with Crippen LogP contribution in [0.4, 0.5) is 5.82 Å². The van der Waals surface area contributed by atoms with Crippen LogP contribution in [-0.2, 0) is 41.4 Å². The van der Waals surface area contributed by atoms with E-state index in [9.17, 15) is 23.9 Å². The lowest BCUT2D eigenvalue weighted by Crippen LogP contribution is -2.45. The number of phosphoric ester groups is 1. The van der Waals surface area contributed by atoms with Gasteiger partial charge in [-0.2, -0.15) is 0 Å². The third-order valence-corrected chi connectivity index (χ3v) is 10.5. The molecule has 21 nitrogen and oxygen atoms in total. The van der Waals surface area contributed by atoms with E-state index in [1.807, 2.05) is 0 Å². The summed E-state index contributed by atoms with van der Waals surface area (Å²) in [5, 5.41) is 11.2. The van der Waals surface area contributed by atoms with Crippen molar-refractivity contribution in [3.8, 4) is 0 Å². The lowest BCUT2D eigenvalue weighted by Gasteiger charge is -2.33. The first-order valence-electron chi connectivity index (χ1n) is 13.9. The molecular weight excluding hydrogens is 656 g/mol. The van der Waals surface area contributed by atoms with Gasteiger partial charge < -0.3 is 39.5 Å². The standard InChI is InChI=1S/C23H27N9O12P2/c1-9-29-19-12(20(34)30-9)28-8-32(19)21-14-13(33)10(41-21)3-39-46(36,37)44-16-15-22(31-7-27-11-17(24)25-6-26-18(11)31)42-23(16,4-38-15)5-40-45(2,35)43-14/h6-8,10,13-16,21-22,33H,3-5H2,1-2H3,(H,36,37)(H2,24,25,26)(H,29,30,34)/t10?,13?,14?,15?,16?,21?,22?,23?,45-/m1/s1. The van der Waals surface area contributed by atoms with E-state index < -0.39 is 82.8 Å². The number of hydrogen-bond donors (Lipinski definition) is 4. The Hall–Kier alpha value is -3.20. The fourth-order valence-electron chi connectivity index (χ4n) is 6.17. The van der Waals surface area contributed by atoms with E-state index in [1.54, 1.807) is 6.92 Å². The normalized spacial score (nSPS) is 39.7. The van der Waals surface area contributed by atoms with Crippen LogP contribution in [0.1, 0.15) is 18.3 Å². The molecule has 0 spiro atoms. The third-order valence-electron chi connectivity index (χ3n) is 8.28. The van der Waals surface area contributed by atoms with Crippen molar-refractivity contribution in [3.63, 3.8) is 0 Å². The van der Waals surface area contributed by atoms with Gasteiger partial charge in [-0.3, -0.25) is 32.1 Å².